The number of hydrogen-bond donors (Lipinski definition) is 1. The first-order chi connectivity index (χ1) is 8.13. The fourth-order valence-electron chi connectivity index (χ4n) is 1.64. The number of carboxylic acids is 1. The van der Waals surface area contributed by atoms with Gasteiger partial charge >= 0.3 is 5.97 Å². The molecule has 0 fully saturated rings. The molecule has 0 spiro atoms. The van der Waals surface area contributed by atoms with Gasteiger partial charge in [-0.15, -0.1) is 0 Å². The van der Waals surface area contributed by atoms with E-state index in [2.05, 4.69) is 4.98 Å². The van der Waals surface area contributed by atoms with E-state index in [1.807, 2.05) is 17.7 Å². The Hall–Kier alpha value is -1.81. The molecular weight excluding hydrogens is 240 g/mol. The predicted molar refractivity (Wildman–Crippen MR) is 65.3 cm³/mol. The van der Waals surface area contributed by atoms with E-state index in [-0.39, 0.29) is 5.56 Å². The molecule has 1 aromatic heterocycles. The van der Waals surface area contributed by atoms with Gasteiger partial charge in [0.15, 0.2) is 0 Å². The third-order valence-corrected chi connectivity index (χ3v) is 2.83. The lowest BCUT2D eigenvalue weighted by atomic mass is 10.1. The Labute approximate surface area is 103 Å². The molecule has 5 heteroatoms. The lowest BCUT2D eigenvalue weighted by Crippen LogP contribution is -1.99. The van der Waals surface area contributed by atoms with Gasteiger partial charge in [0.1, 0.15) is 5.82 Å². The summed E-state index contributed by atoms with van der Waals surface area (Å²) in [5.74, 6) is -0.244. The number of nitrogens with zero attached hydrogens (tertiary/aromatic N) is 2. The van der Waals surface area contributed by atoms with E-state index in [0.717, 1.165) is 17.9 Å². The SMILES string of the molecule is CCn1ccnc1-c1ccc(C(=O)O)cc1Cl. The number of hydrogen-bond acceptors (Lipinski definition) is 2. The Morgan fingerprint density at radius 3 is 2.88 bits per heavy atom. The zero-order valence-corrected chi connectivity index (χ0v) is 9.98. The molecule has 0 unspecified atom stereocenters. The Balaban J connectivity index is 2.50. The average Bonchev–Trinajstić information content (AvgIpc) is 2.76. The van der Waals surface area contributed by atoms with Gasteiger partial charge in [0.2, 0.25) is 0 Å². The van der Waals surface area contributed by atoms with Crippen molar-refractivity contribution in [2.45, 2.75) is 13.5 Å². The maximum Gasteiger partial charge on any atom is 0.335 e. The molecule has 0 aliphatic rings. The van der Waals surface area contributed by atoms with Crippen LogP contribution in [0.25, 0.3) is 11.4 Å². The Bertz CT molecular complexity index is 563. The van der Waals surface area contributed by atoms with Crippen molar-refractivity contribution in [3.05, 3.63) is 41.2 Å². The fraction of sp³-hybridized carbons (Fsp3) is 0.167. The van der Waals surface area contributed by atoms with E-state index in [4.69, 9.17) is 16.7 Å². The van der Waals surface area contributed by atoms with E-state index < -0.39 is 5.97 Å². The quantitative estimate of drug-likeness (QED) is 0.911. The summed E-state index contributed by atoms with van der Waals surface area (Å²) in [6.45, 7) is 2.79. The van der Waals surface area contributed by atoms with E-state index >= 15 is 0 Å². The number of aromatic carboxylic acids is 1. The summed E-state index contributed by atoms with van der Waals surface area (Å²) < 4.78 is 1.95. The fourth-order valence-corrected chi connectivity index (χ4v) is 1.90. The highest BCUT2D eigenvalue weighted by atomic mass is 35.5. The van der Waals surface area contributed by atoms with Crippen molar-refractivity contribution in [3.63, 3.8) is 0 Å². The van der Waals surface area contributed by atoms with Gasteiger partial charge in [-0.05, 0) is 25.1 Å². The smallest absolute Gasteiger partial charge is 0.335 e. The van der Waals surface area contributed by atoms with Crippen LogP contribution in [-0.2, 0) is 6.54 Å². The molecule has 1 heterocycles. The predicted octanol–water partition coefficient (Wildman–Crippen LogP) is 2.92. The van der Waals surface area contributed by atoms with Crippen LogP contribution in [0.1, 0.15) is 17.3 Å². The van der Waals surface area contributed by atoms with Crippen LogP contribution in [0.15, 0.2) is 30.6 Å². The molecule has 0 aliphatic carbocycles. The maximum absolute atomic E-state index is 10.8. The molecule has 0 aliphatic heterocycles. The molecule has 0 saturated heterocycles. The van der Waals surface area contributed by atoms with Gasteiger partial charge in [-0.1, -0.05) is 11.6 Å². The summed E-state index contributed by atoms with van der Waals surface area (Å²) in [6, 6.07) is 4.65. The van der Waals surface area contributed by atoms with Crippen molar-refractivity contribution in [1.29, 1.82) is 0 Å². The molecule has 88 valence electrons. The minimum Gasteiger partial charge on any atom is -0.478 e. The molecule has 0 amide bonds. The zero-order chi connectivity index (χ0) is 12.4. The first kappa shape index (κ1) is 11.7. The first-order valence-electron chi connectivity index (χ1n) is 5.18. The topological polar surface area (TPSA) is 55.1 Å². The monoisotopic (exact) mass is 250 g/mol. The Kier molecular flexibility index (Phi) is 3.15. The average molecular weight is 251 g/mol. The van der Waals surface area contributed by atoms with Gasteiger partial charge in [-0.3, -0.25) is 0 Å². The molecular formula is C12H11ClN2O2. The summed E-state index contributed by atoms with van der Waals surface area (Å²) >= 11 is 6.08. The lowest BCUT2D eigenvalue weighted by Gasteiger charge is -2.07. The van der Waals surface area contributed by atoms with Gasteiger partial charge in [0.05, 0.1) is 10.6 Å². The minimum absolute atomic E-state index is 0.174. The number of carbonyl (C=O) groups is 1. The van der Waals surface area contributed by atoms with Gasteiger partial charge in [-0.25, -0.2) is 9.78 Å². The summed E-state index contributed by atoms with van der Waals surface area (Å²) in [5.41, 5.74) is 0.914. The van der Waals surface area contributed by atoms with Crippen molar-refractivity contribution in [3.8, 4) is 11.4 Å². The van der Waals surface area contributed by atoms with E-state index in [9.17, 15) is 4.79 Å². The van der Waals surface area contributed by atoms with Crippen molar-refractivity contribution in [2.75, 3.05) is 0 Å². The van der Waals surface area contributed by atoms with Crippen LogP contribution < -0.4 is 0 Å². The van der Waals surface area contributed by atoms with Gasteiger partial charge < -0.3 is 9.67 Å². The normalized spacial score (nSPS) is 10.5. The second-order valence-electron chi connectivity index (χ2n) is 3.54. The second kappa shape index (κ2) is 4.59. The van der Waals surface area contributed by atoms with Crippen LogP contribution in [0.3, 0.4) is 0 Å². The molecule has 1 N–H and O–H groups in total. The Morgan fingerprint density at radius 2 is 2.29 bits per heavy atom. The third kappa shape index (κ3) is 2.17. The third-order valence-electron chi connectivity index (χ3n) is 2.51. The van der Waals surface area contributed by atoms with Crippen LogP contribution in [0.2, 0.25) is 5.02 Å². The number of carboxylic acid groups (broad SMARTS) is 1. The van der Waals surface area contributed by atoms with E-state index in [1.165, 1.54) is 12.1 Å². The van der Waals surface area contributed by atoms with Gasteiger partial charge in [-0.2, -0.15) is 0 Å². The number of halogens is 1. The molecule has 0 saturated carbocycles. The summed E-state index contributed by atoms with van der Waals surface area (Å²) in [4.78, 5) is 15.0. The maximum atomic E-state index is 10.8. The molecule has 4 nitrogen and oxygen atoms in total. The second-order valence-corrected chi connectivity index (χ2v) is 3.94. The van der Waals surface area contributed by atoms with Crippen LogP contribution in [-0.4, -0.2) is 20.6 Å². The van der Waals surface area contributed by atoms with Crippen LogP contribution >= 0.6 is 11.6 Å². The molecule has 2 rings (SSSR count). The van der Waals surface area contributed by atoms with Crippen LogP contribution in [0.5, 0.6) is 0 Å². The lowest BCUT2D eigenvalue weighted by molar-refractivity contribution is 0.0697. The van der Waals surface area contributed by atoms with Crippen LogP contribution in [0.4, 0.5) is 0 Å². The standard InChI is InChI=1S/C12H11ClN2O2/c1-2-15-6-5-14-11(15)9-4-3-8(12(16)17)7-10(9)13/h3-7H,2H2,1H3,(H,16,17). The number of rotatable bonds is 3. The van der Waals surface area contributed by atoms with Crippen LogP contribution in [0, 0.1) is 0 Å². The van der Waals surface area contributed by atoms with Crippen molar-refractivity contribution in [2.24, 2.45) is 0 Å². The van der Waals surface area contributed by atoms with Crippen molar-refractivity contribution < 1.29 is 9.90 Å². The van der Waals surface area contributed by atoms with Crippen molar-refractivity contribution in [1.82, 2.24) is 9.55 Å². The summed E-state index contributed by atoms with van der Waals surface area (Å²) in [6.07, 6.45) is 3.55. The minimum atomic E-state index is -0.989. The highest BCUT2D eigenvalue weighted by molar-refractivity contribution is 6.33. The van der Waals surface area contributed by atoms with Gasteiger partial charge in [0, 0.05) is 24.5 Å². The van der Waals surface area contributed by atoms with E-state index in [0.29, 0.717) is 5.02 Å². The number of aromatic nitrogens is 2. The molecule has 2 aromatic rings. The highest BCUT2D eigenvalue weighted by Crippen LogP contribution is 2.27. The number of aryl methyl sites for hydroxylation is 1. The molecule has 0 radical (unpaired) electrons. The summed E-state index contributed by atoms with van der Waals surface area (Å²) in [5, 5.41) is 9.25. The van der Waals surface area contributed by atoms with Gasteiger partial charge in [0.25, 0.3) is 0 Å². The Morgan fingerprint density at radius 1 is 1.53 bits per heavy atom. The first-order valence-corrected chi connectivity index (χ1v) is 5.55. The molecule has 1 aromatic carbocycles. The van der Waals surface area contributed by atoms with E-state index in [1.54, 1.807) is 12.3 Å². The largest absolute Gasteiger partial charge is 0.478 e. The summed E-state index contributed by atoms with van der Waals surface area (Å²) in [7, 11) is 0. The zero-order valence-electron chi connectivity index (χ0n) is 9.22. The number of benzene rings is 1. The molecule has 17 heavy (non-hydrogen) atoms. The highest BCUT2D eigenvalue weighted by Gasteiger charge is 2.11. The number of imidazole rings is 1. The molecule has 0 bridgehead atoms. The van der Waals surface area contributed by atoms with Crippen molar-refractivity contribution >= 4 is 17.6 Å². The molecule has 0 atom stereocenters.